The maximum Gasteiger partial charge on any atom is 0.387 e. The fourth-order valence-corrected chi connectivity index (χ4v) is 1.65. The van der Waals surface area contributed by atoms with Crippen LogP contribution in [0.4, 0.5) is 13.2 Å². The number of esters is 1. The first kappa shape index (κ1) is 14.8. The smallest absolute Gasteiger partial charge is 0.387 e. The van der Waals surface area contributed by atoms with E-state index < -0.39 is 24.1 Å². The number of carbonyl (C=O) groups excluding carboxylic acids is 1. The van der Waals surface area contributed by atoms with Gasteiger partial charge in [-0.05, 0) is 19.1 Å². The van der Waals surface area contributed by atoms with E-state index in [2.05, 4.69) is 20.1 Å². The molecule has 0 atom stereocenters. The van der Waals surface area contributed by atoms with Crippen molar-refractivity contribution in [2.45, 2.75) is 13.5 Å². The molecule has 0 saturated heterocycles. The van der Waals surface area contributed by atoms with Crippen molar-refractivity contribution in [2.75, 3.05) is 6.61 Å². The lowest BCUT2D eigenvalue weighted by Gasteiger charge is -2.09. The molecule has 112 valence electrons. The fourth-order valence-electron chi connectivity index (χ4n) is 1.65. The standard InChI is InChI=1S/C12H10F3N3O3/c1-2-20-11(19)10-9(16-18-17-10)7-4-3-6(13)5-8(7)21-12(14)15/h3-5,12H,2H2,1H3,(H,16,17,18). The summed E-state index contributed by atoms with van der Waals surface area (Å²) < 4.78 is 46.9. The summed E-state index contributed by atoms with van der Waals surface area (Å²) in [7, 11) is 0. The van der Waals surface area contributed by atoms with Crippen molar-refractivity contribution >= 4 is 5.97 Å². The van der Waals surface area contributed by atoms with Gasteiger partial charge in [-0.3, -0.25) is 0 Å². The molecular weight excluding hydrogens is 291 g/mol. The first-order chi connectivity index (χ1) is 10.0. The van der Waals surface area contributed by atoms with Crippen LogP contribution in [0.2, 0.25) is 0 Å². The maximum absolute atomic E-state index is 13.2. The Balaban J connectivity index is 2.47. The number of aromatic amines is 1. The van der Waals surface area contributed by atoms with Crippen LogP contribution in [0, 0.1) is 5.82 Å². The molecule has 1 N–H and O–H groups in total. The van der Waals surface area contributed by atoms with E-state index in [1.165, 1.54) is 0 Å². The van der Waals surface area contributed by atoms with Gasteiger partial charge in [0.2, 0.25) is 0 Å². The van der Waals surface area contributed by atoms with E-state index in [1.807, 2.05) is 0 Å². The second-order valence-corrected chi connectivity index (χ2v) is 3.76. The zero-order valence-electron chi connectivity index (χ0n) is 10.8. The molecule has 21 heavy (non-hydrogen) atoms. The topological polar surface area (TPSA) is 77.1 Å². The van der Waals surface area contributed by atoms with Gasteiger partial charge in [0.1, 0.15) is 17.3 Å². The Hall–Kier alpha value is -2.58. The summed E-state index contributed by atoms with van der Waals surface area (Å²) in [5.74, 6) is -2.01. The molecule has 1 aromatic carbocycles. The van der Waals surface area contributed by atoms with Crippen LogP contribution in [0.1, 0.15) is 17.4 Å². The van der Waals surface area contributed by atoms with Gasteiger partial charge in [-0.2, -0.15) is 19.1 Å². The molecule has 0 radical (unpaired) electrons. The number of rotatable bonds is 5. The van der Waals surface area contributed by atoms with E-state index in [-0.39, 0.29) is 23.6 Å². The van der Waals surface area contributed by atoms with E-state index in [9.17, 15) is 18.0 Å². The molecule has 1 heterocycles. The van der Waals surface area contributed by atoms with Crippen molar-refractivity contribution in [1.29, 1.82) is 0 Å². The molecule has 2 aromatic rings. The molecule has 0 unspecified atom stereocenters. The Morgan fingerprint density at radius 2 is 2.14 bits per heavy atom. The molecule has 0 bridgehead atoms. The lowest BCUT2D eigenvalue weighted by Crippen LogP contribution is -2.08. The van der Waals surface area contributed by atoms with Crippen LogP contribution in [0.3, 0.4) is 0 Å². The average Bonchev–Trinajstić information content (AvgIpc) is 2.87. The van der Waals surface area contributed by atoms with Gasteiger partial charge < -0.3 is 9.47 Å². The molecule has 0 saturated carbocycles. The molecule has 0 aliphatic rings. The van der Waals surface area contributed by atoms with E-state index in [1.54, 1.807) is 6.92 Å². The van der Waals surface area contributed by atoms with Crippen LogP contribution in [-0.4, -0.2) is 34.6 Å². The van der Waals surface area contributed by atoms with Crippen molar-refractivity contribution in [3.05, 3.63) is 29.7 Å². The second kappa shape index (κ2) is 6.25. The lowest BCUT2D eigenvalue weighted by atomic mass is 10.1. The summed E-state index contributed by atoms with van der Waals surface area (Å²) in [6, 6.07) is 2.95. The molecule has 0 aliphatic heterocycles. The lowest BCUT2D eigenvalue weighted by molar-refractivity contribution is -0.0496. The highest BCUT2D eigenvalue weighted by Crippen LogP contribution is 2.32. The largest absolute Gasteiger partial charge is 0.461 e. The highest BCUT2D eigenvalue weighted by molar-refractivity contribution is 5.94. The van der Waals surface area contributed by atoms with Gasteiger partial charge in [-0.25, -0.2) is 9.18 Å². The summed E-state index contributed by atoms with van der Waals surface area (Å²) in [6.07, 6.45) is 0. The van der Waals surface area contributed by atoms with Crippen molar-refractivity contribution in [1.82, 2.24) is 15.4 Å². The molecule has 9 heteroatoms. The highest BCUT2D eigenvalue weighted by atomic mass is 19.3. The summed E-state index contributed by atoms with van der Waals surface area (Å²) in [4.78, 5) is 11.7. The average molecular weight is 301 g/mol. The summed E-state index contributed by atoms with van der Waals surface area (Å²) in [6.45, 7) is -1.45. The molecule has 2 rings (SSSR count). The van der Waals surface area contributed by atoms with Gasteiger partial charge in [-0.1, -0.05) is 0 Å². The van der Waals surface area contributed by atoms with Crippen LogP contribution in [-0.2, 0) is 4.74 Å². The molecular formula is C12H10F3N3O3. The quantitative estimate of drug-likeness (QED) is 0.858. The van der Waals surface area contributed by atoms with Crippen LogP contribution < -0.4 is 4.74 Å². The summed E-state index contributed by atoms with van der Waals surface area (Å²) in [5, 5.41) is 9.50. The summed E-state index contributed by atoms with van der Waals surface area (Å²) >= 11 is 0. The van der Waals surface area contributed by atoms with Gasteiger partial charge in [0.15, 0.2) is 5.69 Å². The van der Waals surface area contributed by atoms with Crippen LogP contribution in [0.25, 0.3) is 11.3 Å². The molecule has 0 spiro atoms. The van der Waals surface area contributed by atoms with Crippen LogP contribution in [0.5, 0.6) is 5.75 Å². The fraction of sp³-hybridized carbons (Fsp3) is 0.250. The number of carbonyl (C=O) groups is 1. The predicted molar refractivity (Wildman–Crippen MR) is 64.4 cm³/mol. The van der Waals surface area contributed by atoms with Gasteiger partial charge in [0.25, 0.3) is 0 Å². The van der Waals surface area contributed by atoms with Crippen molar-refractivity contribution in [3.8, 4) is 17.0 Å². The third kappa shape index (κ3) is 3.30. The molecule has 0 amide bonds. The van der Waals surface area contributed by atoms with Crippen molar-refractivity contribution in [3.63, 3.8) is 0 Å². The third-order valence-corrected chi connectivity index (χ3v) is 2.43. The minimum Gasteiger partial charge on any atom is -0.461 e. The van der Waals surface area contributed by atoms with E-state index >= 15 is 0 Å². The van der Waals surface area contributed by atoms with Crippen molar-refractivity contribution in [2.24, 2.45) is 0 Å². The normalized spacial score (nSPS) is 10.7. The number of ether oxygens (including phenoxy) is 2. The van der Waals surface area contributed by atoms with Gasteiger partial charge in [-0.15, -0.1) is 5.10 Å². The number of alkyl halides is 2. The molecule has 1 aromatic heterocycles. The number of benzene rings is 1. The molecule has 6 nitrogen and oxygen atoms in total. The number of nitrogens with zero attached hydrogens (tertiary/aromatic N) is 2. The minimum atomic E-state index is -3.15. The number of aromatic nitrogens is 3. The monoisotopic (exact) mass is 301 g/mol. The maximum atomic E-state index is 13.2. The third-order valence-electron chi connectivity index (χ3n) is 2.43. The first-order valence-corrected chi connectivity index (χ1v) is 5.85. The second-order valence-electron chi connectivity index (χ2n) is 3.76. The Bertz CT molecular complexity index is 646. The number of halogens is 3. The van der Waals surface area contributed by atoms with Crippen LogP contribution in [0.15, 0.2) is 18.2 Å². The number of hydrogen-bond acceptors (Lipinski definition) is 5. The molecule has 0 aliphatic carbocycles. The zero-order chi connectivity index (χ0) is 15.4. The van der Waals surface area contributed by atoms with Crippen molar-refractivity contribution < 1.29 is 27.4 Å². The first-order valence-electron chi connectivity index (χ1n) is 5.85. The minimum absolute atomic E-state index is 0.00602. The van der Waals surface area contributed by atoms with E-state index in [0.29, 0.717) is 0 Å². The Morgan fingerprint density at radius 1 is 1.38 bits per heavy atom. The molecule has 0 fully saturated rings. The Labute approximate surface area is 116 Å². The predicted octanol–water partition coefficient (Wildman–Crippen LogP) is 2.39. The Kier molecular flexibility index (Phi) is 4.41. The highest BCUT2D eigenvalue weighted by Gasteiger charge is 2.23. The number of H-pyrrole nitrogens is 1. The number of hydrogen-bond donors (Lipinski definition) is 1. The Morgan fingerprint density at radius 3 is 2.81 bits per heavy atom. The van der Waals surface area contributed by atoms with Gasteiger partial charge >= 0.3 is 12.6 Å². The zero-order valence-corrected chi connectivity index (χ0v) is 10.8. The van der Waals surface area contributed by atoms with Crippen LogP contribution >= 0.6 is 0 Å². The van der Waals surface area contributed by atoms with Gasteiger partial charge in [0.05, 0.1) is 6.61 Å². The number of nitrogens with one attached hydrogen (secondary N) is 1. The van der Waals surface area contributed by atoms with E-state index in [0.717, 1.165) is 18.2 Å². The van der Waals surface area contributed by atoms with Gasteiger partial charge in [0, 0.05) is 11.6 Å². The van der Waals surface area contributed by atoms with E-state index in [4.69, 9.17) is 4.74 Å². The summed E-state index contributed by atoms with van der Waals surface area (Å²) in [5.41, 5.74) is -0.278. The SMILES string of the molecule is CCOC(=O)c1n[nH]nc1-c1ccc(F)cc1OC(F)F.